The molecule has 2 amide bonds. The van der Waals surface area contributed by atoms with E-state index in [4.69, 9.17) is 0 Å². The summed E-state index contributed by atoms with van der Waals surface area (Å²) < 4.78 is 14.5. The van der Waals surface area contributed by atoms with Crippen LogP contribution in [0.25, 0.3) is 0 Å². The molecule has 0 spiro atoms. The lowest BCUT2D eigenvalue weighted by molar-refractivity contribution is -0.120. The molecular weight excluding hydrogens is 427 g/mol. The Morgan fingerprint density at radius 1 is 0.906 bits per heavy atom. The Labute approximate surface area is 189 Å². The monoisotopic (exact) mass is 448 g/mol. The quantitative estimate of drug-likeness (QED) is 0.445. The molecule has 8 heteroatoms. The Kier molecular flexibility index (Phi) is 5.80. The summed E-state index contributed by atoms with van der Waals surface area (Å²) in [4.78, 5) is 36.4. The fraction of sp³-hybridized carbons (Fsp3) is 0.167. The van der Waals surface area contributed by atoms with E-state index in [9.17, 15) is 14.0 Å². The normalized spacial score (nSPS) is 13.8. The van der Waals surface area contributed by atoms with Crippen molar-refractivity contribution in [1.29, 1.82) is 0 Å². The van der Waals surface area contributed by atoms with Crippen LogP contribution in [-0.4, -0.2) is 21.8 Å². The maximum Gasteiger partial charge on any atom is 0.283 e. The molecule has 0 unspecified atom stereocenters. The zero-order valence-electron chi connectivity index (χ0n) is 18.1. The number of imide groups is 1. The van der Waals surface area contributed by atoms with E-state index in [1.54, 1.807) is 6.07 Å². The highest BCUT2D eigenvalue weighted by atomic mass is 32.2. The van der Waals surface area contributed by atoms with Crippen molar-refractivity contribution in [2.24, 2.45) is 0 Å². The second-order valence-corrected chi connectivity index (χ2v) is 8.56. The molecule has 1 N–H and O–H groups in total. The minimum absolute atomic E-state index is 0.0676. The summed E-state index contributed by atoms with van der Waals surface area (Å²) in [5.41, 5.74) is 4.12. The van der Waals surface area contributed by atoms with E-state index in [2.05, 4.69) is 15.3 Å². The number of amides is 2. The first-order valence-corrected chi connectivity index (χ1v) is 10.8. The van der Waals surface area contributed by atoms with Crippen LogP contribution in [0.15, 0.2) is 64.3 Å². The van der Waals surface area contributed by atoms with Crippen LogP contribution in [0, 0.1) is 33.5 Å². The van der Waals surface area contributed by atoms with Gasteiger partial charge >= 0.3 is 0 Å². The molecule has 0 atom stereocenters. The number of carbonyl (C=O) groups is 2. The number of para-hydroxylation sites is 1. The van der Waals surface area contributed by atoms with Gasteiger partial charge in [-0.05, 0) is 69.3 Å². The molecule has 32 heavy (non-hydrogen) atoms. The first-order chi connectivity index (χ1) is 15.2. The van der Waals surface area contributed by atoms with Gasteiger partial charge in [-0.3, -0.25) is 9.59 Å². The van der Waals surface area contributed by atoms with Crippen molar-refractivity contribution < 1.29 is 14.0 Å². The SMILES string of the molecule is Cc1ccc(NC2=C(Sc3nc(C)cc(C)n3)C(=O)N(c3ccccc3F)C2=O)c(C)c1. The first-order valence-electron chi connectivity index (χ1n) is 9.96. The van der Waals surface area contributed by atoms with Gasteiger partial charge < -0.3 is 5.32 Å². The Morgan fingerprint density at radius 3 is 2.25 bits per heavy atom. The van der Waals surface area contributed by atoms with E-state index < -0.39 is 17.6 Å². The van der Waals surface area contributed by atoms with Gasteiger partial charge in [-0.1, -0.05) is 29.8 Å². The molecule has 4 rings (SSSR count). The van der Waals surface area contributed by atoms with Gasteiger partial charge in [0.2, 0.25) is 0 Å². The zero-order chi connectivity index (χ0) is 23.0. The highest BCUT2D eigenvalue weighted by Crippen LogP contribution is 2.37. The fourth-order valence-corrected chi connectivity index (χ4v) is 4.47. The number of carbonyl (C=O) groups excluding carboxylic acids is 2. The average Bonchev–Trinajstić information content (AvgIpc) is 2.94. The number of thioether (sulfide) groups is 1. The van der Waals surface area contributed by atoms with E-state index in [1.165, 1.54) is 18.2 Å². The van der Waals surface area contributed by atoms with Crippen molar-refractivity contribution in [1.82, 2.24) is 9.97 Å². The van der Waals surface area contributed by atoms with E-state index in [-0.39, 0.29) is 16.3 Å². The predicted molar refractivity (Wildman–Crippen MR) is 123 cm³/mol. The van der Waals surface area contributed by atoms with Gasteiger partial charge in [0.05, 0.1) is 5.69 Å². The van der Waals surface area contributed by atoms with Crippen LogP contribution < -0.4 is 10.2 Å². The highest BCUT2D eigenvalue weighted by molar-refractivity contribution is 8.04. The van der Waals surface area contributed by atoms with Gasteiger partial charge in [0.25, 0.3) is 11.8 Å². The van der Waals surface area contributed by atoms with Gasteiger partial charge in [-0.15, -0.1) is 0 Å². The van der Waals surface area contributed by atoms with Crippen LogP contribution in [0.5, 0.6) is 0 Å². The van der Waals surface area contributed by atoms with E-state index in [1.807, 2.05) is 52.0 Å². The minimum atomic E-state index is -0.658. The molecule has 1 aliphatic heterocycles. The number of hydrogen-bond donors (Lipinski definition) is 1. The van der Waals surface area contributed by atoms with Crippen molar-refractivity contribution in [2.45, 2.75) is 32.9 Å². The lowest BCUT2D eigenvalue weighted by atomic mass is 10.1. The van der Waals surface area contributed by atoms with Crippen LogP contribution in [-0.2, 0) is 9.59 Å². The molecule has 0 radical (unpaired) electrons. The number of nitrogens with one attached hydrogen (secondary N) is 1. The third-order valence-electron chi connectivity index (χ3n) is 4.93. The lowest BCUT2D eigenvalue weighted by Gasteiger charge is -2.16. The largest absolute Gasteiger partial charge is 0.350 e. The number of rotatable bonds is 5. The Bertz CT molecular complexity index is 1270. The second-order valence-electron chi connectivity index (χ2n) is 7.58. The van der Waals surface area contributed by atoms with Crippen molar-refractivity contribution in [3.05, 3.63) is 87.5 Å². The summed E-state index contributed by atoms with van der Waals surface area (Å²) in [5.74, 6) is -1.92. The zero-order valence-corrected chi connectivity index (χ0v) is 18.9. The summed E-state index contributed by atoms with van der Waals surface area (Å²) in [7, 11) is 0. The lowest BCUT2D eigenvalue weighted by Crippen LogP contribution is -2.33. The summed E-state index contributed by atoms with van der Waals surface area (Å²) in [6.07, 6.45) is 0. The number of aryl methyl sites for hydroxylation is 4. The molecule has 2 heterocycles. The molecule has 1 aliphatic rings. The molecule has 0 bridgehead atoms. The minimum Gasteiger partial charge on any atom is -0.350 e. The standard InChI is InChI=1S/C24H21FN4O2S/c1-13-9-10-18(14(2)11-13)28-20-21(32-24-26-15(3)12-16(4)27-24)23(31)29(22(20)30)19-8-6-5-7-17(19)25/h5-12,28H,1-4H3. The van der Waals surface area contributed by atoms with E-state index >= 15 is 0 Å². The predicted octanol–water partition coefficient (Wildman–Crippen LogP) is 4.84. The number of halogens is 1. The van der Waals surface area contributed by atoms with Crippen molar-refractivity contribution >= 4 is 35.0 Å². The van der Waals surface area contributed by atoms with Gasteiger partial charge in [-0.2, -0.15) is 0 Å². The molecule has 0 saturated heterocycles. The molecule has 0 saturated carbocycles. The maximum atomic E-state index is 14.5. The molecule has 0 fully saturated rings. The second kappa shape index (κ2) is 8.55. The van der Waals surface area contributed by atoms with Crippen LogP contribution in [0.1, 0.15) is 22.5 Å². The van der Waals surface area contributed by atoms with E-state index in [0.29, 0.717) is 10.8 Å². The topological polar surface area (TPSA) is 75.2 Å². The Morgan fingerprint density at radius 2 is 1.59 bits per heavy atom. The molecule has 1 aromatic heterocycles. The average molecular weight is 449 g/mol. The van der Waals surface area contributed by atoms with Crippen LogP contribution in [0.3, 0.4) is 0 Å². The van der Waals surface area contributed by atoms with Gasteiger partial charge in [-0.25, -0.2) is 19.3 Å². The number of aromatic nitrogens is 2. The smallest absolute Gasteiger partial charge is 0.283 e. The summed E-state index contributed by atoms with van der Waals surface area (Å²) >= 11 is 0.992. The Hall–Kier alpha value is -3.52. The molecule has 0 aliphatic carbocycles. The third kappa shape index (κ3) is 4.13. The Balaban J connectivity index is 1.80. The summed E-state index contributed by atoms with van der Waals surface area (Å²) in [6, 6.07) is 13.2. The van der Waals surface area contributed by atoms with Crippen molar-refractivity contribution in [2.75, 3.05) is 10.2 Å². The summed E-state index contributed by atoms with van der Waals surface area (Å²) in [6.45, 7) is 7.54. The van der Waals surface area contributed by atoms with Gasteiger partial charge in [0.1, 0.15) is 16.4 Å². The van der Waals surface area contributed by atoms with E-state index in [0.717, 1.165) is 39.2 Å². The van der Waals surface area contributed by atoms with Crippen LogP contribution in [0.2, 0.25) is 0 Å². The maximum absolute atomic E-state index is 14.5. The molecule has 6 nitrogen and oxygen atoms in total. The van der Waals surface area contributed by atoms with Gasteiger partial charge in [0, 0.05) is 17.1 Å². The first kappa shape index (κ1) is 21.7. The third-order valence-corrected chi connectivity index (χ3v) is 5.88. The van der Waals surface area contributed by atoms with Gasteiger partial charge in [0.15, 0.2) is 5.16 Å². The van der Waals surface area contributed by atoms with Crippen molar-refractivity contribution in [3.63, 3.8) is 0 Å². The number of nitrogens with zero attached hydrogens (tertiary/aromatic N) is 3. The highest BCUT2D eigenvalue weighted by Gasteiger charge is 2.41. The van der Waals surface area contributed by atoms with Crippen LogP contribution >= 0.6 is 11.8 Å². The number of hydrogen-bond acceptors (Lipinski definition) is 6. The molecular formula is C24H21FN4O2S. The number of anilines is 2. The van der Waals surface area contributed by atoms with Crippen LogP contribution in [0.4, 0.5) is 15.8 Å². The molecule has 2 aromatic carbocycles. The fourth-order valence-electron chi connectivity index (χ4n) is 3.49. The molecule has 162 valence electrons. The molecule has 3 aromatic rings. The number of benzene rings is 2. The van der Waals surface area contributed by atoms with Crippen molar-refractivity contribution in [3.8, 4) is 0 Å². The summed E-state index contributed by atoms with van der Waals surface area (Å²) in [5, 5.41) is 3.45.